The van der Waals surface area contributed by atoms with Crippen molar-refractivity contribution in [2.75, 3.05) is 17.1 Å². The third-order valence-electron chi connectivity index (χ3n) is 5.45. The van der Waals surface area contributed by atoms with Crippen LogP contribution in [-0.2, 0) is 26.2 Å². The van der Waals surface area contributed by atoms with Crippen molar-refractivity contribution in [1.82, 2.24) is 10.2 Å². The molecule has 0 saturated carbocycles. The zero-order chi connectivity index (χ0) is 25.5. The highest BCUT2D eigenvalue weighted by molar-refractivity contribution is 7.92. The molecule has 0 saturated heterocycles. The molecule has 0 spiro atoms. The van der Waals surface area contributed by atoms with Crippen molar-refractivity contribution in [2.24, 2.45) is 0 Å². The first kappa shape index (κ1) is 27.6. The van der Waals surface area contributed by atoms with Gasteiger partial charge in [-0.2, -0.15) is 0 Å². The molecule has 10 heteroatoms. The van der Waals surface area contributed by atoms with Crippen molar-refractivity contribution in [1.29, 1.82) is 0 Å². The molecule has 0 bridgehead atoms. The van der Waals surface area contributed by atoms with E-state index in [1.807, 2.05) is 44.2 Å². The third kappa shape index (κ3) is 7.43. The Bertz CT molecular complexity index is 1100. The fraction of sp³-hybridized carbons (Fsp3) is 0.417. The number of halogens is 2. The van der Waals surface area contributed by atoms with Crippen molar-refractivity contribution in [3.63, 3.8) is 0 Å². The van der Waals surface area contributed by atoms with Gasteiger partial charge in [-0.15, -0.1) is 0 Å². The molecule has 0 aliphatic rings. The maximum absolute atomic E-state index is 13.6. The SMILES string of the molecule is CC[C@@H](C)NC(=O)[C@@H](CC)N(Cc1ccccc1)C(=O)CN(c1ccc(F)c(Cl)c1)S(C)(=O)=O. The van der Waals surface area contributed by atoms with Crippen molar-refractivity contribution in [3.05, 3.63) is 64.9 Å². The van der Waals surface area contributed by atoms with Crippen LogP contribution in [0.15, 0.2) is 48.5 Å². The first-order chi connectivity index (χ1) is 16.0. The molecule has 0 heterocycles. The Hall–Kier alpha value is -2.65. The maximum Gasteiger partial charge on any atom is 0.244 e. The number of benzene rings is 2. The minimum Gasteiger partial charge on any atom is -0.352 e. The number of anilines is 1. The molecule has 2 rings (SSSR count). The van der Waals surface area contributed by atoms with E-state index >= 15 is 0 Å². The van der Waals surface area contributed by atoms with E-state index in [9.17, 15) is 22.4 Å². The number of carbonyl (C=O) groups is 2. The summed E-state index contributed by atoms with van der Waals surface area (Å²) in [7, 11) is -3.92. The molecule has 2 aromatic rings. The summed E-state index contributed by atoms with van der Waals surface area (Å²) < 4.78 is 39.6. The monoisotopic (exact) mass is 511 g/mol. The number of carbonyl (C=O) groups excluding carboxylic acids is 2. The Balaban J connectivity index is 2.43. The van der Waals surface area contributed by atoms with Crippen LogP contribution >= 0.6 is 11.6 Å². The fourth-order valence-electron chi connectivity index (χ4n) is 3.39. The van der Waals surface area contributed by atoms with E-state index in [4.69, 9.17) is 11.6 Å². The number of sulfonamides is 1. The van der Waals surface area contributed by atoms with E-state index in [1.165, 1.54) is 11.0 Å². The molecule has 0 aliphatic carbocycles. The minimum atomic E-state index is -3.92. The van der Waals surface area contributed by atoms with Gasteiger partial charge in [0.15, 0.2) is 0 Å². The van der Waals surface area contributed by atoms with E-state index in [-0.39, 0.29) is 29.2 Å². The van der Waals surface area contributed by atoms with Crippen LogP contribution in [0, 0.1) is 5.82 Å². The number of amides is 2. The van der Waals surface area contributed by atoms with Gasteiger partial charge < -0.3 is 10.2 Å². The molecule has 2 amide bonds. The third-order valence-corrected chi connectivity index (χ3v) is 6.88. The highest BCUT2D eigenvalue weighted by Crippen LogP contribution is 2.25. The number of nitrogens with one attached hydrogen (secondary N) is 1. The van der Waals surface area contributed by atoms with Crippen LogP contribution in [-0.4, -0.2) is 50.0 Å². The van der Waals surface area contributed by atoms with Crippen LogP contribution in [0.2, 0.25) is 5.02 Å². The summed E-state index contributed by atoms with van der Waals surface area (Å²) in [5.74, 6) is -1.58. The fourth-order valence-corrected chi connectivity index (χ4v) is 4.41. The summed E-state index contributed by atoms with van der Waals surface area (Å²) >= 11 is 5.85. The molecule has 0 radical (unpaired) electrons. The van der Waals surface area contributed by atoms with Gasteiger partial charge in [0, 0.05) is 12.6 Å². The van der Waals surface area contributed by atoms with Crippen LogP contribution in [0.5, 0.6) is 0 Å². The molecule has 1 N–H and O–H groups in total. The molecule has 2 aromatic carbocycles. The summed E-state index contributed by atoms with van der Waals surface area (Å²) in [6.45, 7) is 5.16. The molecule has 0 unspecified atom stereocenters. The number of hydrogen-bond donors (Lipinski definition) is 1. The second-order valence-corrected chi connectivity index (χ2v) is 10.4. The molecule has 34 heavy (non-hydrogen) atoms. The zero-order valence-electron chi connectivity index (χ0n) is 19.8. The lowest BCUT2D eigenvalue weighted by atomic mass is 10.1. The average molecular weight is 512 g/mol. The largest absolute Gasteiger partial charge is 0.352 e. The summed E-state index contributed by atoms with van der Waals surface area (Å²) in [6, 6.07) is 11.7. The summed E-state index contributed by atoms with van der Waals surface area (Å²) in [5, 5.41) is 2.64. The van der Waals surface area contributed by atoms with E-state index in [0.717, 1.165) is 34.7 Å². The summed E-state index contributed by atoms with van der Waals surface area (Å²) in [6.07, 6.45) is 2.01. The Morgan fingerprint density at radius 1 is 1.09 bits per heavy atom. The second kappa shape index (κ2) is 12.2. The Kier molecular flexibility index (Phi) is 9.88. The Morgan fingerprint density at radius 2 is 1.74 bits per heavy atom. The lowest BCUT2D eigenvalue weighted by Crippen LogP contribution is -2.53. The Labute approximate surface area is 205 Å². The predicted molar refractivity (Wildman–Crippen MR) is 133 cm³/mol. The van der Waals surface area contributed by atoms with Crippen molar-refractivity contribution in [2.45, 2.75) is 52.2 Å². The zero-order valence-corrected chi connectivity index (χ0v) is 21.4. The standard InChI is InChI=1S/C24H31ClFN3O4S/c1-5-17(3)27-24(31)22(6-2)28(15-18-10-8-7-9-11-18)23(30)16-29(34(4,32)33)19-12-13-21(26)20(25)14-19/h7-14,17,22H,5-6,15-16H2,1-4H3,(H,27,31)/t17-,22-/m1/s1. The van der Waals surface area contributed by atoms with Crippen LogP contribution in [0.25, 0.3) is 0 Å². The van der Waals surface area contributed by atoms with Gasteiger partial charge in [0.2, 0.25) is 21.8 Å². The summed E-state index contributed by atoms with van der Waals surface area (Å²) in [4.78, 5) is 27.9. The van der Waals surface area contributed by atoms with Gasteiger partial charge in [0.25, 0.3) is 0 Å². The van der Waals surface area contributed by atoms with Crippen molar-refractivity contribution >= 4 is 39.1 Å². The van der Waals surface area contributed by atoms with Crippen molar-refractivity contribution < 1.29 is 22.4 Å². The van der Waals surface area contributed by atoms with Gasteiger partial charge in [-0.1, -0.05) is 55.8 Å². The van der Waals surface area contributed by atoms with E-state index < -0.39 is 34.3 Å². The highest BCUT2D eigenvalue weighted by atomic mass is 35.5. The number of hydrogen-bond acceptors (Lipinski definition) is 4. The molecule has 0 aliphatic heterocycles. The van der Waals surface area contributed by atoms with Gasteiger partial charge in [-0.3, -0.25) is 13.9 Å². The minimum absolute atomic E-state index is 0.0546. The van der Waals surface area contributed by atoms with Crippen LogP contribution in [0.1, 0.15) is 39.2 Å². The molecule has 0 aromatic heterocycles. The number of nitrogens with zero attached hydrogens (tertiary/aromatic N) is 2. The van der Waals surface area contributed by atoms with E-state index in [0.29, 0.717) is 6.42 Å². The number of rotatable bonds is 11. The van der Waals surface area contributed by atoms with Crippen molar-refractivity contribution in [3.8, 4) is 0 Å². The van der Waals surface area contributed by atoms with Gasteiger partial charge >= 0.3 is 0 Å². The van der Waals surface area contributed by atoms with Crippen LogP contribution < -0.4 is 9.62 Å². The smallest absolute Gasteiger partial charge is 0.244 e. The lowest BCUT2D eigenvalue weighted by Gasteiger charge is -2.33. The maximum atomic E-state index is 13.6. The molecular weight excluding hydrogens is 481 g/mol. The first-order valence-electron chi connectivity index (χ1n) is 11.0. The highest BCUT2D eigenvalue weighted by Gasteiger charge is 2.32. The van der Waals surface area contributed by atoms with Crippen LogP contribution in [0.4, 0.5) is 10.1 Å². The molecule has 2 atom stereocenters. The van der Waals surface area contributed by atoms with Crippen LogP contribution in [0.3, 0.4) is 0 Å². The summed E-state index contributed by atoms with van der Waals surface area (Å²) in [5.41, 5.74) is 0.848. The van der Waals surface area contributed by atoms with Gasteiger partial charge in [0.1, 0.15) is 18.4 Å². The first-order valence-corrected chi connectivity index (χ1v) is 13.3. The Morgan fingerprint density at radius 3 is 2.26 bits per heavy atom. The normalized spacial score (nSPS) is 13.1. The van der Waals surface area contributed by atoms with Gasteiger partial charge in [0.05, 0.1) is 17.0 Å². The van der Waals surface area contributed by atoms with E-state index in [1.54, 1.807) is 6.92 Å². The topological polar surface area (TPSA) is 86.8 Å². The quantitative estimate of drug-likeness (QED) is 0.494. The lowest BCUT2D eigenvalue weighted by molar-refractivity contribution is -0.140. The van der Waals surface area contributed by atoms with Gasteiger partial charge in [-0.25, -0.2) is 12.8 Å². The molecule has 186 valence electrons. The van der Waals surface area contributed by atoms with E-state index in [2.05, 4.69) is 5.32 Å². The van der Waals surface area contributed by atoms with Gasteiger partial charge in [-0.05, 0) is 43.5 Å². The second-order valence-electron chi connectivity index (χ2n) is 8.12. The predicted octanol–water partition coefficient (Wildman–Crippen LogP) is 3.97. The average Bonchev–Trinajstić information content (AvgIpc) is 2.78. The molecular formula is C24H31ClFN3O4S. The molecule has 0 fully saturated rings. The molecule has 7 nitrogen and oxygen atoms in total.